The molecule has 1 aliphatic rings. The molecule has 1 aliphatic heterocycles. The zero-order valence-corrected chi connectivity index (χ0v) is 9.27. The molecule has 1 aromatic heterocycles. The molecule has 0 amide bonds. The highest BCUT2D eigenvalue weighted by atomic mass is 16.5. The monoisotopic (exact) mass is 224 g/mol. The largest absolute Gasteiger partial charge is 0.376 e. The summed E-state index contributed by atoms with van der Waals surface area (Å²) in [6.07, 6.45) is 3.83. The van der Waals surface area contributed by atoms with Gasteiger partial charge in [-0.05, 0) is 19.8 Å². The first-order valence-corrected chi connectivity index (χ1v) is 5.37. The second-order valence-electron chi connectivity index (χ2n) is 3.96. The SMILES string of the molecule is Cc1cnc(NC[C@H]2CCCO2)n(N)c1=O. The zero-order valence-electron chi connectivity index (χ0n) is 9.27. The van der Waals surface area contributed by atoms with Crippen LogP contribution in [0, 0.1) is 6.92 Å². The van der Waals surface area contributed by atoms with E-state index in [1.807, 2.05) is 0 Å². The summed E-state index contributed by atoms with van der Waals surface area (Å²) in [5, 5.41) is 3.02. The number of nitrogen functional groups attached to an aromatic ring is 1. The lowest BCUT2D eigenvalue weighted by Crippen LogP contribution is -2.33. The van der Waals surface area contributed by atoms with Gasteiger partial charge in [0.1, 0.15) is 0 Å². The molecule has 0 aliphatic carbocycles. The average molecular weight is 224 g/mol. The van der Waals surface area contributed by atoms with E-state index in [1.165, 1.54) is 6.20 Å². The molecule has 0 saturated carbocycles. The molecule has 2 rings (SSSR count). The number of hydrogen-bond acceptors (Lipinski definition) is 5. The van der Waals surface area contributed by atoms with Gasteiger partial charge in [-0.1, -0.05) is 0 Å². The Balaban J connectivity index is 2.04. The topological polar surface area (TPSA) is 82.2 Å². The van der Waals surface area contributed by atoms with Crippen LogP contribution in [0.15, 0.2) is 11.0 Å². The van der Waals surface area contributed by atoms with E-state index < -0.39 is 0 Å². The maximum absolute atomic E-state index is 11.5. The van der Waals surface area contributed by atoms with Crippen molar-refractivity contribution in [3.05, 3.63) is 22.1 Å². The highest BCUT2D eigenvalue weighted by Gasteiger charge is 2.15. The maximum Gasteiger partial charge on any atom is 0.276 e. The molecule has 2 heterocycles. The van der Waals surface area contributed by atoms with Gasteiger partial charge in [0.15, 0.2) is 0 Å². The van der Waals surface area contributed by atoms with Gasteiger partial charge in [-0.25, -0.2) is 4.98 Å². The van der Waals surface area contributed by atoms with Crippen molar-refractivity contribution in [3.8, 4) is 0 Å². The van der Waals surface area contributed by atoms with E-state index in [9.17, 15) is 4.79 Å². The van der Waals surface area contributed by atoms with Gasteiger partial charge >= 0.3 is 0 Å². The minimum absolute atomic E-state index is 0.193. The lowest BCUT2D eigenvalue weighted by molar-refractivity contribution is 0.120. The van der Waals surface area contributed by atoms with E-state index in [0.29, 0.717) is 18.1 Å². The molecular formula is C10H16N4O2. The first-order chi connectivity index (χ1) is 7.68. The minimum atomic E-state index is -0.232. The van der Waals surface area contributed by atoms with Crippen LogP contribution in [0.4, 0.5) is 5.95 Å². The first-order valence-electron chi connectivity index (χ1n) is 5.37. The van der Waals surface area contributed by atoms with E-state index >= 15 is 0 Å². The van der Waals surface area contributed by atoms with E-state index in [1.54, 1.807) is 6.92 Å². The normalized spacial score (nSPS) is 19.9. The van der Waals surface area contributed by atoms with Crippen molar-refractivity contribution in [3.63, 3.8) is 0 Å². The summed E-state index contributed by atoms with van der Waals surface area (Å²) < 4.78 is 6.48. The lowest BCUT2D eigenvalue weighted by Gasteiger charge is -2.13. The molecule has 1 atom stereocenters. The van der Waals surface area contributed by atoms with Crippen molar-refractivity contribution in [2.24, 2.45) is 0 Å². The number of ether oxygens (including phenoxy) is 1. The minimum Gasteiger partial charge on any atom is -0.376 e. The van der Waals surface area contributed by atoms with E-state index in [2.05, 4.69) is 10.3 Å². The number of anilines is 1. The van der Waals surface area contributed by atoms with Crippen LogP contribution in [0.3, 0.4) is 0 Å². The second kappa shape index (κ2) is 4.52. The van der Waals surface area contributed by atoms with Crippen LogP contribution >= 0.6 is 0 Å². The molecule has 6 heteroatoms. The lowest BCUT2D eigenvalue weighted by atomic mass is 10.2. The fourth-order valence-corrected chi connectivity index (χ4v) is 1.70. The molecule has 1 saturated heterocycles. The molecule has 3 N–H and O–H groups in total. The maximum atomic E-state index is 11.5. The summed E-state index contributed by atoms with van der Waals surface area (Å²) >= 11 is 0. The number of nitrogens with two attached hydrogens (primary N) is 1. The zero-order chi connectivity index (χ0) is 11.5. The Morgan fingerprint density at radius 2 is 2.56 bits per heavy atom. The van der Waals surface area contributed by atoms with Crippen LogP contribution in [-0.2, 0) is 4.74 Å². The standard InChI is InChI=1S/C10H16N4O2/c1-7-5-12-10(14(11)9(7)15)13-6-8-3-2-4-16-8/h5,8H,2-4,6,11H2,1H3,(H,12,13)/t8-/m1/s1. The van der Waals surface area contributed by atoms with Gasteiger partial charge in [0.05, 0.1) is 6.10 Å². The fraction of sp³-hybridized carbons (Fsp3) is 0.600. The van der Waals surface area contributed by atoms with Gasteiger partial charge < -0.3 is 15.9 Å². The summed E-state index contributed by atoms with van der Waals surface area (Å²) in [7, 11) is 0. The van der Waals surface area contributed by atoms with Crippen molar-refractivity contribution in [1.29, 1.82) is 0 Å². The Morgan fingerprint density at radius 3 is 3.25 bits per heavy atom. The van der Waals surface area contributed by atoms with E-state index in [0.717, 1.165) is 24.1 Å². The summed E-state index contributed by atoms with van der Waals surface area (Å²) in [5.41, 5.74) is 0.301. The van der Waals surface area contributed by atoms with Crippen LogP contribution in [0.25, 0.3) is 0 Å². The van der Waals surface area contributed by atoms with Gasteiger partial charge in [-0.15, -0.1) is 0 Å². The number of aryl methyl sites for hydroxylation is 1. The van der Waals surface area contributed by atoms with Crippen LogP contribution in [0.2, 0.25) is 0 Å². The quantitative estimate of drug-likeness (QED) is 0.698. The number of nitrogens with one attached hydrogen (secondary N) is 1. The summed E-state index contributed by atoms with van der Waals surface area (Å²) in [5.74, 6) is 5.99. The third-order valence-electron chi connectivity index (χ3n) is 2.68. The number of rotatable bonds is 3. The average Bonchev–Trinajstić information content (AvgIpc) is 2.78. The highest BCUT2D eigenvalue weighted by Crippen LogP contribution is 2.12. The predicted molar refractivity (Wildman–Crippen MR) is 60.8 cm³/mol. The molecule has 0 spiro atoms. The highest BCUT2D eigenvalue weighted by molar-refractivity contribution is 5.27. The molecule has 1 aromatic rings. The first kappa shape index (κ1) is 10.9. The van der Waals surface area contributed by atoms with Gasteiger partial charge in [0.25, 0.3) is 5.56 Å². The third-order valence-corrected chi connectivity index (χ3v) is 2.68. The van der Waals surface area contributed by atoms with Crippen molar-refractivity contribution >= 4 is 5.95 Å². The van der Waals surface area contributed by atoms with Crippen LogP contribution in [-0.4, -0.2) is 28.9 Å². The molecule has 0 unspecified atom stereocenters. The van der Waals surface area contributed by atoms with Gasteiger partial charge in [0, 0.05) is 24.9 Å². The number of aromatic nitrogens is 2. The van der Waals surface area contributed by atoms with Gasteiger partial charge in [-0.3, -0.25) is 4.79 Å². The molecule has 16 heavy (non-hydrogen) atoms. The Kier molecular flexibility index (Phi) is 3.09. The Hall–Kier alpha value is -1.56. The van der Waals surface area contributed by atoms with E-state index in [4.69, 9.17) is 10.6 Å². The van der Waals surface area contributed by atoms with Gasteiger partial charge in [-0.2, -0.15) is 4.68 Å². The molecule has 0 radical (unpaired) electrons. The Labute approximate surface area is 93.4 Å². The van der Waals surface area contributed by atoms with Crippen LogP contribution < -0.4 is 16.7 Å². The molecule has 88 valence electrons. The summed E-state index contributed by atoms with van der Waals surface area (Å²) in [6.45, 7) is 3.12. The van der Waals surface area contributed by atoms with Crippen LogP contribution in [0.1, 0.15) is 18.4 Å². The Bertz CT molecular complexity index is 423. The third kappa shape index (κ3) is 2.16. The van der Waals surface area contributed by atoms with Gasteiger partial charge in [0.2, 0.25) is 5.95 Å². The number of hydrogen-bond donors (Lipinski definition) is 2. The van der Waals surface area contributed by atoms with Crippen LogP contribution in [0.5, 0.6) is 0 Å². The number of nitrogens with zero attached hydrogens (tertiary/aromatic N) is 2. The van der Waals surface area contributed by atoms with Crippen molar-refractivity contribution in [1.82, 2.24) is 9.66 Å². The van der Waals surface area contributed by atoms with Crippen molar-refractivity contribution < 1.29 is 4.74 Å². The molecule has 1 fully saturated rings. The molecular weight excluding hydrogens is 208 g/mol. The van der Waals surface area contributed by atoms with Crippen molar-refractivity contribution in [2.75, 3.05) is 24.3 Å². The Morgan fingerprint density at radius 1 is 1.75 bits per heavy atom. The summed E-state index contributed by atoms with van der Waals surface area (Å²) in [6, 6.07) is 0. The van der Waals surface area contributed by atoms with Crippen molar-refractivity contribution in [2.45, 2.75) is 25.9 Å². The smallest absolute Gasteiger partial charge is 0.276 e. The predicted octanol–water partition coefficient (Wildman–Crippen LogP) is -0.144. The second-order valence-corrected chi connectivity index (χ2v) is 3.96. The molecule has 0 aromatic carbocycles. The summed E-state index contributed by atoms with van der Waals surface area (Å²) in [4.78, 5) is 15.6. The van der Waals surface area contributed by atoms with E-state index in [-0.39, 0.29) is 11.7 Å². The fourth-order valence-electron chi connectivity index (χ4n) is 1.70. The molecule has 0 bridgehead atoms. The molecule has 6 nitrogen and oxygen atoms in total.